The van der Waals surface area contributed by atoms with Crippen LogP contribution in [0.1, 0.15) is 30.4 Å². The van der Waals surface area contributed by atoms with E-state index in [1.165, 1.54) is 5.56 Å². The first kappa shape index (κ1) is 12.6. The zero-order valence-electron chi connectivity index (χ0n) is 9.82. The number of aldehydes is 1. The molecule has 0 N–H and O–H groups in total. The van der Waals surface area contributed by atoms with Gasteiger partial charge >= 0.3 is 0 Å². The lowest BCUT2D eigenvalue weighted by Gasteiger charge is -2.34. The predicted octanol–water partition coefficient (Wildman–Crippen LogP) is 3.06. The third kappa shape index (κ3) is 2.53. The Labute approximate surface area is 107 Å². The first-order chi connectivity index (χ1) is 8.32. The molecule has 1 aromatic carbocycles. The van der Waals surface area contributed by atoms with Crippen LogP contribution in [-0.4, -0.2) is 18.8 Å². The predicted molar refractivity (Wildman–Crippen MR) is 68.4 cm³/mol. The lowest BCUT2D eigenvalue weighted by Crippen LogP contribution is -2.36. The molecule has 1 atom stereocenters. The number of rotatable bonds is 5. The van der Waals surface area contributed by atoms with Crippen LogP contribution in [0, 0.1) is 0 Å². The van der Waals surface area contributed by atoms with Crippen molar-refractivity contribution in [3.8, 4) is 0 Å². The number of alkyl halides is 1. The summed E-state index contributed by atoms with van der Waals surface area (Å²) in [5, 5.41) is 0. The Bertz CT molecular complexity index is 392. The van der Waals surface area contributed by atoms with E-state index in [9.17, 15) is 4.79 Å². The minimum Gasteiger partial charge on any atom is -0.363 e. The lowest BCUT2D eigenvalue weighted by molar-refractivity contribution is -0.135. The fourth-order valence-electron chi connectivity index (χ4n) is 2.44. The fraction of sp³-hybridized carbons (Fsp3) is 0.500. The number of benzene rings is 1. The molecular formula is C14H17ClO2. The van der Waals surface area contributed by atoms with Crippen molar-refractivity contribution in [2.24, 2.45) is 0 Å². The second kappa shape index (κ2) is 5.65. The summed E-state index contributed by atoms with van der Waals surface area (Å²) in [5.74, 6) is 0.566. The van der Waals surface area contributed by atoms with E-state index >= 15 is 0 Å². The SMILES string of the molecule is O=CC1(OCCCCl)CCCc2ccccc21. The van der Waals surface area contributed by atoms with Gasteiger partial charge < -0.3 is 4.74 Å². The van der Waals surface area contributed by atoms with E-state index in [0.717, 1.165) is 37.5 Å². The number of halogens is 1. The van der Waals surface area contributed by atoms with Crippen molar-refractivity contribution in [1.29, 1.82) is 0 Å². The fourth-order valence-corrected chi connectivity index (χ4v) is 2.55. The normalized spacial score (nSPS) is 23.1. The van der Waals surface area contributed by atoms with Crippen LogP contribution in [0.4, 0.5) is 0 Å². The van der Waals surface area contributed by atoms with Crippen molar-refractivity contribution in [2.45, 2.75) is 31.3 Å². The van der Waals surface area contributed by atoms with Crippen molar-refractivity contribution >= 4 is 17.9 Å². The summed E-state index contributed by atoms with van der Waals surface area (Å²) in [7, 11) is 0. The number of fused-ring (bicyclic) bond motifs is 1. The molecule has 0 fully saturated rings. The topological polar surface area (TPSA) is 26.3 Å². The van der Waals surface area contributed by atoms with Crippen molar-refractivity contribution in [1.82, 2.24) is 0 Å². The summed E-state index contributed by atoms with van der Waals surface area (Å²) >= 11 is 5.64. The third-order valence-electron chi connectivity index (χ3n) is 3.30. The van der Waals surface area contributed by atoms with Crippen molar-refractivity contribution in [2.75, 3.05) is 12.5 Å². The van der Waals surface area contributed by atoms with Gasteiger partial charge in [-0.25, -0.2) is 0 Å². The molecule has 0 heterocycles. The summed E-state index contributed by atoms with van der Waals surface area (Å²) in [6.07, 6.45) is 4.54. The molecule has 1 aromatic rings. The highest BCUT2D eigenvalue weighted by atomic mass is 35.5. The van der Waals surface area contributed by atoms with Crippen LogP contribution < -0.4 is 0 Å². The Morgan fingerprint density at radius 1 is 1.41 bits per heavy atom. The van der Waals surface area contributed by atoms with Gasteiger partial charge in [-0.05, 0) is 36.8 Å². The molecule has 0 amide bonds. The van der Waals surface area contributed by atoms with Crippen molar-refractivity contribution < 1.29 is 9.53 Å². The molecule has 1 aliphatic rings. The largest absolute Gasteiger partial charge is 0.363 e. The number of carbonyl (C=O) groups excluding carboxylic acids is 1. The maximum atomic E-state index is 11.5. The quantitative estimate of drug-likeness (QED) is 0.457. The summed E-state index contributed by atoms with van der Waals surface area (Å²) in [6, 6.07) is 8.06. The lowest BCUT2D eigenvalue weighted by atomic mass is 9.80. The highest BCUT2D eigenvalue weighted by Gasteiger charge is 2.37. The van der Waals surface area contributed by atoms with E-state index in [-0.39, 0.29) is 0 Å². The Morgan fingerprint density at radius 3 is 3.00 bits per heavy atom. The number of hydrogen-bond acceptors (Lipinski definition) is 2. The Morgan fingerprint density at radius 2 is 2.24 bits per heavy atom. The molecular weight excluding hydrogens is 236 g/mol. The van der Waals surface area contributed by atoms with E-state index < -0.39 is 5.60 Å². The van der Waals surface area contributed by atoms with E-state index in [4.69, 9.17) is 16.3 Å². The van der Waals surface area contributed by atoms with Crippen LogP contribution in [0.2, 0.25) is 0 Å². The first-order valence-corrected chi connectivity index (χ1v) is 6.60. The van der Waals surface area contributed by atoms with Gasteiger partial charge in [0.1, 0.15) is 5.60 Å². The molecule has 0 saturated carbocycles. The Kier molecular flexibility index (Phi) is 4.19. The third-order valence-corrected chi connectivity index (χ3v) is 3.56. The van der Waals surface area contributed by atoms with Gasteiger partial charge in [0.15, 0.2) is 6.29 Å². The summed E-state index contributed by atoms with van der Waals surface area (Å²) in [5.41, 5.74) is 1.54. The Balaban J connectivity index is 2.25. The summed E-state index contributed by atoms with van der Waals surface area (Å²) in [6.45, 7) is 0.538. The number of aryl methyl sites for hydroxylation is 1. The van der Waals surface area contributed by atoms with Crippen LogP contribution in [0.25, 0.3) is 0 Å². The first-order valence-electron chi connectivity index (χ1n) is 6.07. The van der Waals surface area contributed by atoms with Gasteiger partial charge in [-0.2, -0.15) is 0 Å². The number of carbonyl (C=O) groups is 1. The highest BCUT2D eigenvalue weighted by Crippen LogP contribution is 2.36. The highest BCUT2D eigenvalue weighted by molar-refractivity contribution is 6.17. The molecule has 0 spiro atoms. The van der Waals surface area contributed by atoms with Gasteiger partial charge in [0.25, 0.3) is 0 Å². The van der Waals surface area contributed by atoms with Gasteiger partial charge in [0, 0.05) is 12.5 Å². The number of ether oxygens (including phenoxy) is 1. The summed E-state index contributed by atoms with van der Waals surface area (Å²) in [4.78, 5) is 11.5. The second-order valence-corrected chi connectivity index (χ2v) is 4.79. The number of hydrogen-bond donors (Lipinski definition) is 0. The molecule has 1 aliphatic carbocycles. The maximum Gasteiger partial charge on any atom is 0.156 e. The zero-order chi connectivity index (χ0) is 12.1. The van der Waals surface area contributed by atoms with Gasteiger partial charge in [0.05, 0.1) is 0 Å². The monoisotopic (exact) mass is 252 g/mol. The van der Waals surface area contributed by atoms with Crippen molar-refractivity contribution in [3.63, 3.8) is 0 Å². The van der Waals surface area contributed by atoms with Gasteiger partial charge in [-0.3, -0.25) is 4.79 Å². The van der Waals surface area contributed by atoms with E-state index in [0.29, 0.717) is 12.5 Å². The van der Waals surface area contributed by atoms with Crippen LogP contribution >= 0.6 is 11.6 Å². The average Bonchev–Trinajstić information content (AvgIpc) is 2.39. The van der Waals surface area contributed by atoms with Crippen LogP contribution in [0.5, 0.6) is 0 Å². The van der Waals surface area contributed by atoms with Crippen LogP contribution in [0.3, 0.4) is 0 Å². The van der Waals surface area contributed by atoms with Crippen LogP contribution in [0.15, 0.2) is 24.3 Å². The second-order valence-electron chi connectivity index (χ2n) is 4.41. The zero-order valence-corrected chi connectivity index (χ0v) is 10.6. The molecule has 0 aliphatic heterocycles. The molecule has 92 valence electrons. The molecule has 1 unspecified atom stereocenters. The maximum absolute atomic E-state index is 11.5. The molecule has 0 bridgehead atoms. The van der Waals surface area contributed by atoms with E-state index in [1.807, 2.05) is 18.2 Å². The average molecular weight is 253 g/mol. The van der Waals surface area contributed by atoms with E-state index in [2.05, 4.69) is 6.07 Å². The van der Waals surface area contributed by atoms with E-state index in [1.54, 1.807) is 0 Å². The molecule has 0 saturated heterocycles. The van der Waals surface area contributed by atoms with Gasteiger partial charge in [-0.1, -0.05) is 24.3 Å². The minimum atomic E-state index is -0.735. The minimum absolute atomic E-state index is 0.538. The van der Waals surface area contributed by atoms with Gasteiger partial charge in [-0.15, -0.1) is 11.6 Å². The van der Waals surface area contributed by atoms with Crippen LogP contribution in [-0.2, 0) is 21.6 Å². The standard InChI is InChI=1S/C14H17ClO2/c15-9-4-10-17-14(11-16)8-3-6-12-5-1-2-7-13(12)14/h1-2,5,7,11H,3-4,6,8-10H2. The Hall–Kier alpha value is -0.860. The molecule has 3 heteroatoms. The summed E-state index contributed by atoms with van der Waals surface area (Å²) < 4.78 is 5.83. The molecule has 0 radical (unpaired) electrons. The molecule has 2 rings (SSSR count). The molecule has 2 nitrogen and oxygen atoms in total. The molecule has 17 heavy (non-hydrogen) atoms. The van der Waals surface area contributed by atoms with Crippen molar-refractivity contribution in [3.05, 3.63) is 35.4 Å². The van der Waals surface area contributed by atoms with Gasteiger partial charge in [0.2, 0.25) is 0 Å². The smallest absolute Gasteiger partial charge is 0.156 e. The molecule has 0 aromatic heterocycles.